The number of carbonyl (C=O) groups excluding carboxylic acids is 1. The van der Waals surface area contributed by atoms with E-state index in [4.69, 9.17) is 0 Å². The van der Waals surface area contributed by atoms with Crippen molar-refractivity contribution in [3.63, 3.8) is 0 Å². The number of benzene rings is 1. The molecule has 1 radical (unpaired) electrons. The van der Waals surface area contributed by atoms with E-state index in [2.05, 4.69) is 23.3 Å². The molecule has 2 N–H and O–H groups in total. The van der Waals surface area contributed by atoms with Crippen molar-refractivity contribution < 1.29 is 4.79 Å². The van der Waals surface area contributed by atoms with Crippen molar-refractivity contribution in [3.05, 3.63) is 36.4 Å². The van der Waals surface area contributed by atoms with Gasteiger partial charge in [0.1, 0.15) is 0 Å². The molecule has 0 aliphatic carbocycles. The number of hydrogen-bond acceptors (Lipinski definition) is 2. The predicted molar refractivity (Wildman–Crippen MR) is 62.9 cm³/mol. The van der Waals surface area contributed by atoms with Crippen LogP contribution in [-0.2, 0) is 4.79 Å². The van der Waals surface area contributed by atoms with Crippen molar-refractivity contribution in [2.24, 2.45) is 0 Å². The van der Waals surface area contributed by atoms with E-state index < -0.39 is 0 Å². The van der Waals surface area contributed by atoms with Gasteiger partial charge in [-0.15, -0.1) is 0 Å². The smallest absolute Gasteiger partial charge is 0.221 e. The molecular formula is C12H15N2O. The van der Waals surface area contributed by atoms with Gasteiger partial charge in [0.25, 0.3) is 0 Å². The molecule has 0 heterocycles. The molecule has 0 fully saturated rings. The molecule has 1 amide bonds. The zero-order valence-corrected chi connectivity index (χ0v) is 9.05. The number of amides is 1. The molecule has 0 aliphatic heterocycles. The van der Waals surface area contributed by atoms with Crippen LogP contribution in [0.5, 0.6) is 0 Å². The molecule has 0 aromatic heterocycles. The summed E-state index contributed by atoms with van der Waals surface area (Å²) in [6, 6.07) is 8.47. The van der Waals surface area contributed by atoms with Crippen molar-refractivity contribution >= 4 is 17.3 Å². The number of carbonyl (C=O) groups is 1. The highest BCUT2D eigenvalue weighted by Crippen LogP contribution is 2.12. The van der Waals surface area contributed by atoms with Gasteiger partial charge in [0.2, 0.25) is 5.91 Å². The Balaban J connectivity index is 2.56. The minimum atomic E-state index is -0.0890. The highest BCUT2D eigenvalue weighted by atomic mass is 16.1. The van der Waals surface area contributed by atoms with Gasteiger partial charge >= 0.3 is 0 Å². The molecule has 0 atom stereocenters. The average molecular weight is 203 g/mol. The van der Waals surface area contributed by atoms with Crippen molar-refractivity contribution in [3.8, 4) is 0 Å². The van der Waals surface area contributed by atoms with Gasteiger partial charge in [-0.1, -0.05) is 12.2 Å². The van der Waals surface area contributed by atoms with Crippen molar-refractivity contribution in [2.75, 3.05) is 17.2 Å². The van der Waals surface area contributed by atoms with E-state index in [9.17, 15) is 4.79 Å². The number of rotatable bonds is 4. The Bertz CT molecular complexity index is 354. The van der Waals surface area contributed by atoms with E-state index in [1.807, 2.05) is 19.1 Å². The van der Waals surface area contributed by atoms with Gasteiger partial charge in [0, 0.05) is 30.9 Å². The van der Waals surface area contributed by atoms with Crippen LogP contribution in [0, 0.1) is 6.07 Å². The van der Waals surface area contributed by atoms with Crippen molar-refractivity contribution in [1.29, 1.82) is 0 Å². The highest BCUT2D eigenvalue weighted by Gasteiger charge is 1.96. The topological polar surface area (TPSA) is 41.1 Å². The summed E-state index contributed by atoms with van der Waals surface area (Å²) in [5.41, 5.74) is 2.72. The molecule has 0 unspecified atom stereocenters. The maximum absolute atomic E-state index is 10.8. The van der Waals surface area contributed by atoms with E-state index in [1.165, 1.54) is 6.92 Å². The summed E-state index contributed by atoms with van der Waals surface area (Å²) in [5.74, 6) is -0.0890. The van der Waals surface area contributed by atoms with Crippen LogP contribution in [0.3, 0.4) is 0 Å². The normalized spacial score (nSPS) is 9.47. The Kier molecular flexibility index (Phi) is 3.92. The Morgan fingerprint density at radius 2 is 2.20 bits per heavy atom. The molecular weight excluding hydrogens is 188 g/mol. The molecule has 1 rings (SSSR count). The highest BCUT2D eigenvalue weighted by molar-refractivity contribution is 5.88. The predicted octanol–water partition coefficient (Wildman–Crippen LogP) is 2.43. The van der Waals surface area contributed by atoms with Crippen LogP contribution in [0.4, 0.5) is 11.4 Å². The van der Waals surface area contributed by atoms with Crippen LogP contribution >= 0.6 is 0 Å². The number of anilines is 2. The fraction of sp³-hybridized carbons (Fsp3) is 0.250. The third-order valence-electron chi connectivity index (χ3n) is 1.72. The average Bonchev–Trinajstić information content (AvgIpc) is 2.16. The first-order valence-electron chi connectivity index (χ1n) is 4.75. The Labute approximate surface area is 90.2 Å². The Morgan fingerprint density at radius 3 is 2.67 bits per heavy atom. The third-order valence-corrected chi connectivity index (χ3v) is 1.72. The summed E-state index contributed by atoms with van der Waals surface area (Å²) in [4.78, 5) is 10.8. The molecule has 0 saturated heterocycles. The molecule has 0 aliphatic rings. The summed E-state index contributed by atoms with van der Waals surface area (Å²) in [6.07, 6.45) is 0. The minimum Gasteiger partial charge on any atom is -0.381 e. The third kappa shape index (κ3) is 4.31. The van der Waals surface area contributed by atoms with Crippen LogP contribution in [0.15, 0.2) is 30.4 Å². The molecule has 0 spiro atoms. The summed E-state index contributed by atoms with van der Waals surface area (Å²) in [5, 5.41) is 5.84. The monoisotopic (exact) mass is 203 g/mol. The second-order valence-electron chi connectivity index (χ2n) is 3.48. The molecule has 79 valence electrons. The SMILES string of the molecule is C=C(C)CNc1c[c]c(NC(C)=O)cc1. The molecule has 0 bridgehead atoms. The summed E-state index contributed by atoms with van der Waals surface area (Å²) in [7, 11) is 0. The molecule has 0 saturated carbocycles. The van der Waals surface area contributed by atoms with E-state index in [0.717, 1.165) is 17.8 Å². The van der Waals surface area contributed by atoms with Gasteiger partial charge in [0.05, 0.1) is 0 Å². The molecule has 15 heavy (non-hydrogen) atoms. The van der Waals surface area contributed by atoms with Gasteiger partial charge in [-0.2, -0.15) is 0 Å². The zero-order valence-electron chi connectivity index (χ0n) is 9.05. The van der Waals surface area contributed by atoms with Gasteiger partial charge in [-0.25, -0.2) is 0 Å². The first-order chi connectivity index (χ1) is 7.08. The van der Waals surface area contributed by atoms with Gasteiger partial charge in [0.15, 0.2) is 0 Å². The van der Waals surface area contributed by atoms with Crippen LogP contribution in [-0.4, -0.2) is 12.5 Å². The molecule has 3 heteroatoms. The first kappa shape index (κ1) is 11.3. The van der Waals surface area contributed by atoms with Crippen LogP contribution < -0.4 is 10.6 Å². The maximum atomic E-state index is 10.8. The lowest BCUT2D eigenvalue weighted by molar-refractivity contribution is -0.114. The quantitative estimate of drug-likeness (QED) is 0.738. The van der Waals surface area contributed by atoms with Crippen molar-refractivity contribution in [2.45, 2.75) is 13.8 Å². The van der Waals surface area contributed by atoms with Gasteiger partial charge < -0.3 is 10.6 Å². The Morgan fingerprint density at radius 1 is 1.47 bits per heavy atom. The lowest BCUT2D eigenvalue weighted by Crippen LogP contribution is -2.06. The van der Waals surface area contributed by atoms with E-state index >= 15 is 0 Å². The summed E-state index contributed by atoms with van der Waals surface area (Å²) < 4.78 is 0. The zero-order chi connectivity index (χ0) is 11.3. The standard InChI is InChI=1S/C12H15N2O/c1-9(2)8-13-11-4-6-12(7-5-11)14-10(3)15/h4-6,13H,1,8H2,2-3H3,(H,14,15). The maximum Gasteiger partial charge on any atom is 0.221 e. The lowest BCUT2D eigenvalue weighted by atomic mass is 10.2. The van der Waals surface area contributed by atoms with E-state index in [0.29, 0.717) is 5.69 Å². The second-order valence-corrected chi connectivity index (χ2v) is 3.48. The second kappa shape index (κ2) is 5.20. The first-order valence-corrected chi connectivity index (χ1v) is 4.75. The van der Waals surface area contributed by atoms with Crippen LogP contribution in [0.1, 0.15) is 13.8 Å². The van der Waals surface area contributed by atoms with E-state index in [1.54, 1.807) is 6.07 Å². The number of nitrogens with one attached hydrogen (secondary N) is 2. The molecule has 1 aromatic rings. The van der Waals surface area contributed by atoms with Crippen LogP contribution in [0.2, 0.25) is 0 Å². The largest absolute Gasteiger partial charge is 0.381 e. The molecule has 1 aromatic carbocycles. The summed E-state index contributed by atoms with van der Waals surface area (Å²) >= 11 is 0. The van der Waals surface area contributed by atoms with Crippen LogP contribution in [0.25, 0.3) is 0 Å². The van der Waals surface area contributed by atoms with E-state index in [-0.39, 0.29) is 5.91 Å². The van der Waals surface area contributed by atoms with Gasteiger partial charge in [-0.3, -0.25) is 4.79 Å². The lowest BCUT2D eigenvalue weighted by Gasteiger charge is -2.06. The Hall–Kier alpha value is -1.77. The van der Waals surface area contributed by atoms with Crippen molar-refractivity contribution in [1.82, 2.24) is 0 Å². The fourth-order valence-electron chi connectivity index (χ4n) is 1.06. The fourth-order valence-corrected chi connectivity index (χ4v) is 1.06. The molecule has 3 nitrogen and oxygen atoms in total. The number of hydrogen-bond donors (Lipinski definition) is 2. The minimum absolute atomic E-state index is 0.0890. The summed E-state index contributed by atoms with van der Waals surface area (Å²) in [6.45, 7) is 7.97. The van der Waals surface area contributed by atoms with Gasteiger partial charge in [-0.05, 0) is 25.1 Å².